The van der Waals surface area contributed by atoms with Crippen molar-refractivity contribution < 1.29 is 4.79 Å². The zero-order valence-electron chi connectivity index (χ0n) is 14.2. The molecule has 0 unspecified atom stereocenters. The number of carbonyl (C=O) groups is 1. The van der Waals surface area contributed by atoms with Crippen molar-refractivity contribution in [1.82, 2.24) is 25.3 Å². The van der Waals surface area contributed by atoms with E-state index in [1.165, 1.54) is 0 Å². The fourth-order valence-corrected chi connectivity index (χ4v) is 3.31. The second-order valence-electron chi connectivity index (χ2n) is 6.09. The Morgan fingerprint density at radius 3 is 2.76 bits per heavy atom. The summed E-state index contributed by atoms with van der Waals surface area (Å²) < 4.78 is 2.56. The summed E-state index contributed by atoms with van der Waals surface area (Å²) >= 11 is 3.45. The molecule has 0 saturated carbocycles. The first-order valence-corrected chi connectivity index (χ1v) is 8.96. The Kier molecular flexibility index (Phi) is 5.33. The third kappa shape index (κ3) is 3.99. The van der Waals surface area contributed by atoms with E-state index in [1.54, 1.807) is 0 Å². The molecule has 0 atom stereocenters. The molecule has 0 saturated heterocycles. The minimum atomic E-state index is -0.189. The number of hydrogen-bond donors (Lipinski definition) is 2. The summed E-state index contributed by atoms with van der Waals surface area (Å²) in [6.45, 7) is 4.62. The van der Waals surface area contributed by atoms with Gasteiger partial charge in [-0.25, -0.2) is 4.68 Å². The summed E-state index contributed by atoms with van der Waals surface area (Å²) in [6.07, 6.45) is 4.50. The van der Waals surface area contributed by atoms with Crippen molar-refractivity contribution in [2.75, 3.05) is 6.54 Å². The van der Waals surface area contributed by atoms with Crippen LogP contribution in [0.25, 0.3) is 5.69 Å². The number of hydrogen-bond acceptors (Lipinski definition) is 3. The summed E-state index contributed by atoms with van der Waals surface area (Å²) in [5.41, 5.74) is 3.39. The van der Waals surface area contributed by atoms with Crippen molar-refractivity contribution in [1.29, 1.82) is 0 Å². The van der Waals surface area contributed by atoms with Crippen LogP contribution in [-0.4, -0.2) is 32.4 Å². The molecule has 0 aliphatic rings. The molecule has 7 heteroatoms. The number of carbonyl (C=O) groups excluding carboxylic acids is 1. The lowest BCUT2D eigenvalue weighted by Crippen LogP contribution is -2.26. The molecule has 130 valence electrons. The summed E-state index contributed by atoms with van der Waals surface area (Å²) in [5.74, 6) is 0.0812. The maximum atomic E-state index is 12.3. The molecule has 0 spiro atoms. The first kappa shape index (κ1) is 17.4. The zero-order chi connectivity index (χ0) is 17.8. The fraction of sp³-hybridized carbons (Fsp3) is 0.278. The van der Waals surface area contributed by atoms with Crippen LogP contribution in [0.15, 0.2) is 47.2 Å². The van der Waals surface area contributed by atoms with Crippen molar-refractivity contribution in [2.24, 2.45) is 0 Å². The quantitative estimate of drug-likeness (QED) is 0.663. The Hall–Kier alpha value is -2.41. The van der Waals surface area contributed by atoms with Gasteiger partial charge in [-0.05, 0) is 46.0 Å². The van der Waals surface area contributed by atoms with Crippen LogP contribution in [-0.2, 0) is 6.42 Å². The molecule has 1 amide bonds. The molecule has 3 aromatic rings. The molecule has 0 aliphatic carbocycles. The number of nitrogens with one attached hydrogen (secondary N) is 2. The Labute approximate surface area is 154 Å². The highest BCUT2D eigenvalue weighted by Gasteiger charge is 2.18. The van der Waals surface area contributed by atoms with Gasteiger partial charge >= 0.3 is 0 Å². The number of aromatic nitrogens is 4. The number of halogens is 1. The number of H-pyrrole nitrogens is 1. The minimum absolute atomic E-state index is 0.189. The molecule has 0 fully saturated rings. The highest BCUT2D eigenvalue weighted by molar-refractivity contribution is 9.10. The lowest BCUT2D eigenvalue weighted by atomic mass is 10.1. The first-order chi connectivity index (χ1) is 12.1. The van der Waals surface area contributed by atoms with Crippen LogP contribution in [0.2, 0.25) is 0 Å². The van der Waals surface area contributed by atoms with E-state index in [0.29, 0.717) is 18.7 Å². The summed E-state index contributed by atoms with van der Waals surface area (Å²) in [6, 6.07) is 9.93. The van der Waals surface area contributed by atoms with Crippen LogP contribution in [0, 0.1) is 0 Å². The highest BCUT2D eigenvalue weighted by Crippen LogP contribution is 2.25. The molecular weight excluding hydrogens is 382 g/mol. The number of para-hydroxylation sites is 1. The van der Waals surface area contributed by atoms with Crippen LogP contribution < -0.4 is 5.32 Å². The van der Waals surface area contributed by atoms with E-state index in [9.17, 15) is 4.79 Å². The van der Waals surface area contributed by atoms with Gasteiger partial charge in [-0.3, -0.25) is 9.89 Å². The third-order valence-corrected chi connectivity index (χ3v) is 4.68. The van der Waals surface area contributed by atoms with Gasteiger partial charge in [-0.1, -0.05) is 32.0 Å². The standard InChI is InChI=1S/C18H20BrN5O/c1-12(2)16-15(19)17(23-22-16)18(25)20-9-8-13-10-21-24(11-13)14-6-4-3-5-7-14/h3-7,10-12H,8-9H2,1-2H3,(H,20,25)(H,22,23). The predicted molar refractivity (Wildman–Crippen MR) is 100.0 cm³/mol. The summed E-state index contributed by atoms with van der Waals surface area (Å²) in [4.78, 5) is 12.3. The molecule has 2 heterocycles. The van der Waals surface area contributed by atoms with Crippen molar-refractivity contribution in [3.05, 3.63) is 64.1 Å². The molecule has 3 rings (SSSR count). The largest absolute Gasteiger partial charge is 0.350 e. The van der Waals surface area contributed by atoms with Crippen molar-refractivity contribution in [2.45, 2.75) is 26.2 Å². The highest BCUT2D eigenvalue weighted by atomic mass is 79.9. The van der Waals surface area contributed by atoms with Crippen molar-refractivity contribution >= 4 is 21.8 Å². The molecule has 0 bridgehead atoms. The van der Waals surface area contributed by atoms with E-state index >= 15 is 0 Å². The molecule has 25 heavy (non-hydrogen) atoms. The number of aromatic amines is 1. The van der Waals surface area contributed by atoms with Gasteiger partial charge in [-0.2, -0.15) is 10.2 Å². The van der Waals surface area contributed by atoms with Crippen LogP contribution in [0.3, 0.4) is 0 Å². The Morgan fingerprint density at radius 1 is 1.32 bits per heavy atom. The van der Waals surface area contributed by atoms with E-state index in [0.717, 1.165) is 21.4 Å². The maximum Gasteiger partial charge on any atom is 0.272 e. The number of benzene rings is 1. The summed E-state index contributed by atoms with van der Waals surface area (Å²) in [5, 5.41) is 14.3. The fourth-order valence-electron chi connectivity index (χ4n) is 2.49. The number of rotatable bonds is 6. The average molecular weight is 402 g/mol. The van der Waals surface area contributed by atoms with E-state index in [1.807, 2.05) is 61.3 Å². The molecule has 1 aromatic carbocycles. The zero-order valence-corrected chi connectivity index (χ0v) is 15.7. The number of nitrogens with zero attached hydrogens (tertiary/aromatic N) is 3. The van der Waals surface area contributed by atoms with E-state index in [-0.39, 0.29) is 11.8 Å². The average Bonchev–Trinajstić information content (AvgIpc) is 3.22. The minimum Gasteiger partial charge on any atom is -0.350 e. The molecule has 2 aromatic heterocycles. The van der Waals surface area contributed by atoms with Crippen LogP contribution in [0.4, 0.5) is 0 Å². The Bertz CT molecular complexity index is 853. The van der Waals surface area contributed by atoms with E-state index in [2.05, 4.69) is 36.5 Å². The van der Waals surface area contributed by atoms with Crippen LogP contribution in [0.1, 0.15) is 41.5 Å². The number of amides is 1. The van der Waals surface area contributed by atoms with Crippen molar-refractivity contribution in [3.8, 4) is 5.69 Å². The SMILES string of the molecule is CC(C)c1[nH]nc(C(=O)NCCc2cnn(-c3ccccc3)c2)c1Br. The molecule has 2 N–H and O–H groups in total. The van der Waals surface area contributed by atoms with Gasteiger partial charge in [0.05, 0.1) is 22.1 Å². The van der Waals surface area contributed by atoms with Gasteiger partial charge in [0.2, 0.25) is 0 Å². The van der Waals surface area contributed by atoms with E-state index < -0.39 is 0 Å². The predicted octanol–water partition coefficient (Wildman–Crippen LogP) is 3.45. The van der Waals surface area contributed by atoms with Crippen LogP contribution >= 0.6 is 15.9 Å². The van der Waals surface area contributed by atoms with Gasteiger partial charge in [0.25, 0.3) is 5.91 Å². The van der Waals surface area contributed by atoms with E-state index in [4.69, 9.17) is 0 Å². The van der Waals surface area contributed by atoms with Crippen LogP contribution in [0.5, 0.6) is 0 Å². The third-order valence-electron chi connectivity index (χ3n) is 3.88. The lowest BCUT2D eigenvalue weighted by Gasteiger charge is -2.03. The van der Waals surface area contributed by atoms with Crippen molar-refractivity contribution in [3.63, 3.8) is 0 Å². The monoisotopic (exact) mass is 401 g/mol. The Balaban J connectivity index is 1.57. The van der Waals surface area contributed by atoms with Gasteiger partial charge in [-0.15, -0.1) is 0 Å². The topological polar surface area (TPSA) is 75.6 Å². The normalized spacial score (nSPS) is 11.0. The smallest absolute Gasteiger partial charge is 0.272 e. The molecule has 0 radical (unpaired) electrons. The molecular formula is C18H20BrN5O. The first-order valence-electron chi connectivity index (χ1n) is 8.17. The second kappa shape index (κ2) is 7.65. The molecule has 6 nitrogen and oxygen atoms in total. The Morgan fingerprint density at radius 2 is 2.08 bits per heavy atom. The summed E-state index contributed by atoms with van der Waals surface area (Å²) in [7, 11) is 0. The lowest BCUT2D eigenvalue weighted by molar-refractivity contribution is 0.0948. The van der Waals surface area contributed by atoms with Gasteiger partial charge < -0.3 is 5.32 Å². The molecule has 0 aliphatic heterocycles. The van der Waals surface area contributed by atoms with Gasteiger partial charge in [0.15, 0.2) is 5.69 Å². The second-order valence-corrected chi connectivity index (χ2v) is 6.88. The maximum absolute atomic E-state index is 12.3. The van der Waals surface area contributed by atoms with Gasteiger partial charge in [0, 0.05) is 12.7 Å². The van der Waals surface area contributed by atoms with Gasteiger partial charge in [0.1, 0.15) is 0 Å².